The summed E-state index contributed by atoms with van der Waals surface area (Å²) in [5.41, 5.74) is 2.73. The first-order valence-corrected chi connectivity index (χ1v) is 13.4. The largest absolute Gasteiger partial charge is 0.491 e. The molecule has 2 aromatic carbocycles. The number of rotatable bonds is 12. The van der Waals surface area contributed by atoms with Gasteiger partial charge in [-0.3, -0.25) is 9.78 Å². The third-order valence-electron chi connectivity index (χ3n) is 6.53. The van der Waals surface area contributed by atoms with Crippen molar-refractivity contribution in [2.45, 2.75) is 44.7 Å². The van der Waals surface area contributed by atoms with Crippen LogP contribution in [-0.2, 0) is 17.8 Å². The maximum atomic E-state index is 12.7. The van der Waals surface area contributed by atoms with E-state index in [4.69, 9.17) is 4.74 Å². The summed E-state index contributed by atoms with van der Waals surface area (Å²) in [6.07, 6.45) is 8.32. The van der Waals surface area contributed by atoms with E-state index in [9.17, 15) is 9.59 Å². The van der Waals surface area contributed by atoms with Gasteiger partial charge in [-0.25, -0.2) is 4.79 Å². The van der Waals surface area contributed by atoms with Gasteiger partial charge in [0.2, 0.25) is 5.91 Å². The Morgan fingerprint density at radius 3 is 2.42 bits per heavy atom. The minimum atomic E-state index is -0.294. The number of hydrogen-bond donors (Lipinski definition) is 3. The van der Waals surface area contributed by atoms with Gasteiger partial charge < -0.3 is 25.6 Å². The molecule has 1 fully saturated rings. The molecule has 1 saturated heterocycles. The van der Waals surface area contributed by atoms with E-state index in [2.05, 4.69) is 38.0 Å². The minimum absolute atomic E-state index is 0.0527. The molecule has 200 valence electrons. The van der Waals surface area contributed by atoms with Crippen molar-refractivity contribution in [2.75, 3.05) is 31.6 Å². The van der Waals surface area contributed by atoms with E-state index >= 15 is 0 Å². The van der Waals surface area contributed by atoms with Crippen LogP contribution in [0.3, 0.4) is 0 Å². The predicted octanol–water partition coefficient (Wildman–Crippen LogP) is 4.39. The summed E-state index contributed by atoms with van der Waals surface area (Å²) in [6, 6.07) is 20.6. The van der Waals surface area contributed by atoms with E-state index in [0.29, 0.717) is 37.4 Å². The zero-order chi connectivity index (χ0) is 26.4. The standard InChI is InChI=1S/C30H37N5O3/c36-29(15-19-35-17-5-2-6-18-35)33-27(20-24-8-3-1-4-9-24)23-38-28-13-11-26(12-14-28)34-30(37)32-22-25-10-7-16-31-21-25/h1,3-4,7-14,16,21,27H,2,5-6,15,17-20,22-23H2,(H,33,36)(H2,32,34,37)/t27-/m1/s1. The van der Waals surface area contributed by atoms with E-state index in [0.717, 1.165) is 30.8 Å². The van der Waals surface area contributed by atoms with Crippen LogP contribution in [0.15, 0.2) is 79.1 Å². The number of carbonyl (C=O) groups is 2. The van der Waals surface area contributed by atoms with E-state index in [1.165, 1.54) is 19.3 Å². The maximum Gasteiger partial charge on any atom is 0.319 e. The number of benzene rings is 2. The first-order valence-electron chi connectivity index (χ1n) is 13.4. The summed E-state index contributed by atoms with van der Waals surface area (Å²) < 4.78 is 6.04. The Bertz CT molecular complexity index is 1120. The van der Waals surface area contributed by atoms with Crippen LogP contribution in [-0.4, -0.2) is 54.1 Å². The number of carbonyl (C=O) groups excluding carboxylic acids is 2. The fraction of sp³-hybridized carbons (Fsp3) is 0.367. The van der Waals surface area contributed by atoms with E-state index < -0.39 is 0 Å². The third-order valence-corrected chi connectivity index (χ3v) is 6.53. The summed E-state index contributed by atoms with van der Waals surface area (Å²) >= 11 is 0. The first kappa shape index (κ1) is 27.1. The molecule has 3 amide bonds. The normalized spacial score (nSPS) is 14.3. The molecule has 1 aromatic heterocycles. The molecular formula is C30H37N5O3. The van der Waals surface area contributed by atoms with Gasteiger partial charge in [-0.1, -0.05) is 42.8 Å². The molecule has 8 heteroatoms. The van der Waals surface area contributed by atoms with Gasteiger partial charge in [0.15, 0.2) is 0 Å². The quantitative estimate of drug-likeness (QED) is 0.333. The Morgan fingerprint density at radius 2 is 1.68 bits per heavy atom. The minimum Gasteiger partial charge on any atom is -0.491 e. The number of likely N-dealkylation sites (tertiary alicyclic amines) is 1. The Balaban J connectivity index is 1.25. The van der Waals surface area contributed by atoms with Crippen LogP contribution in [0.25, 0.3) is 0 Å². The molecule has 0 saturated carbocycles. The highest BCUT2D eigenvalue weighted by molar-refractivity contribution is 5.89. The molecule has 4 rings (SSSR count). The van der Waals surface area contributed by atoms with Gasteiger partial charge in [0.05, 0.1) is 6.04 Å². The van der Waals surface area contributed by atoms with Crippen molar-refractivity contribution < 1.29 is 14.3 Å². The zero-order valence-corrected chi connectivity index (χ0v) is 21.8. The van der Waals surface area contributed by atoms with Crippen molar-refractivity contribution in [3.05, 3.63) is 90.3 Å². The number of ether oxygens (including phenoxy) is 1. The predicted molar refractivity (Wildman–Crippen MR) is 149 cm³/mol. The highest BCUT2D eigenvalue weighted by Gasteiger charge is 2.17. The van der Waals surface area contributed by atoms with Gasteiger partial charge in [0, 0.05) is 37.6 Å². The second-order valence-electron chi connectivity index (χ2n) is 9.61. The number of nitrogens with zero attached hydrogens (tertiary/aromatic N) is 2. The summed E-state index contributed by atoms with van der Waals surface area (Å²) in [7, 11) is 0. The van der Waals surface area contributed by atoms with Gasteiger partial charge in [-0.15, -0.1) is 0 Å². The van der Waals surface area contributed by atoms with Crippen LogP contribution in [0, 0.1) is 0 Å². The SMILES string of the molecule is O=C(CCN1CCCCC1)N[C@@H](COc1ccc(NC(=O)NCc2cccnc2)cc1)Cc1ccccc1. The summed E-state index contributed by atoms with van der Waals surface area (Å²) in [5, 5.41) is 8.81. The number of hydrogen-bond acceptors (Lipinski definition) is 5. The topological polar surface area (TPSA) is 95.6 Å². The third kappa shape index (κ3) is 9.52. The lowest BCUT2D eigenvalue weighted by molar-refractivity contribution is -0.122. The van der Waals surface area contributed by atoms with E-state index in [1.807, 2.05) is 42.5 Å². The average Bonchev–Trinajstić information content (AvgIpc) is 2.96. The maximum absolute atomic E-state index is 12.7. The number of aromatic nitrogens is 1. The molecule has 2 heterocycles. The Kier molecular flexibility index (Phi) is 10.5. The van der Waals surface area contributed by atoms with Gasteiger partial charge in [-0.05, 0) is 73.8 Å². The number of nitrogens with one attached hydrogen (secondary N) is 3. The Morgan fingerprint density at radius 1 is 0.921 bits per heavy atom. The van der Waals surface area contributed by atoms with Gasteiger partial charge in [0.1, 0.15) is 12.4 Å². The molecule has 0 unspecified atom stereocenters. The van der Waals surface area contributed by atoms with Gasteiger partial charge in [-0.2, -0.15) is 0 Å². The number of pyridine rings is 1. The van der Waals surface area contributed by atoms with Crippen LogP contribution >= 0.6 is 0 Å². The molecule has 3 N–H and O–H groups in total. The van der Waals surface area contributed by atoms with E-state index in [1.54, 1.807) is 24.5 Å². The second-order valence-corrected chi connectivity index (χ2v) is 9.61. The van der Waals surface area contributed by atoms with Crippen LogP contribution in [0.5, 0.6) is 5.75 Å². The lowest BCUT2D eigenvalue weighted by Crippen LogP contribution is -2.42. The number of anilines is 1. The van der Waals surface area contributed by atoms with Crippen molar-refractivity contribution in [3.8, 4) is 5.75 Å². The van der Waals surface area contributed by atoms with Crippen LogP contribution in [0.2, 0.25) is 0 Å². The highest BCUT2D eigenvalue weighted by atomic mass is 16.5. The van der Waals surface area contributed by atoms with Crippen LogP contribution in [0.1, 0.15) is 36.8 Å². The molecule has 38 heavy (non-hydrogen) atoms. The number of piperidine rings is 1. The first-order chi connectivity index (χ1) is 18.6. The Hall–Kier alpha value is -3.91. The molecular weight excluding hydrogens is 478 g/mol. The molecule has 1 atom stereocenters. The average molecular weight is 516 g/mol. The molecule has 8 nitrogen and oxygen atoms in total. The van der Waals surface area contributed by atoms with Crippen molar-refractivity contribution in [1.82, 2.24) is 20.5 Å². The van der Waals surface area contributed by atoms with E-state index in [-0.39, 0.29) is 18.0 Å². The fourth-order valence-corrected chi connectivity index (χ4v) is 4.48. The molecule has 0 spiro atoms. The van der Waals surface area contributed by atoms with Crippen LogP contribution in [0.4, 0.5) is 10.5 Å². The molecule has 0 bridgehead atoms. The Labute approximate surface area is 224 Å². The number of urea groups is 1. The highest BCUT2D eigenvalue weighted by Crippen LogP contribution is 2.17. The second kappa shape index (κ2) is 14.7. The van der Waals surface area contributed by atoms with Gasteiger partial charge >= 0.3 is 6.03 Å². The summed E-state index contributed by atoms with van der Waals surface area (Å²) in [6.45, 7) is 3.72. The molecule has 3 aromatic rings. The van der Waals surface area contributed by atoms with Crippen molar-refractivity contribution in [1.29, 1.82) is 0 Å². The fourth-order valence-electron chi connectivity index (χ4n) is 4.48. The van der Waals surface area contributed by atoms with Crippen molar-refractivity contribution in [2.24, 2.45) is 0 Å². The zero-order valence-electron chi connectivity index (χ0n) is 21.8. The molecule has 1 aliphatic heterocycles. The molecule has 0 aliphatic carbocycles. The smallest absolute Gasteiger partial charge is 0.319 e. The lowest BCUT2D eigenvalue weighted by atomic mass is 10.1. The summed E-state index contributed by atoms with van der Waals surface area (Å²) in [4.78, 5) is 31.4. The van der Waals surface area contributed by atoms with Crippen molar-refractivity contribution >= 4 is 17.6 Å². The lowest BCUT2D eigenvalue weighted by Gasteiger charge is -2.26. The molecule has 0 radical (unpaired) electrons. The number of amides is 3. The molecule has 1 aliphatic rings. The monoisotopic (exact) mass is 515 g/mol. The van der Waals surface area contributed by atoms with Crippen molar-refractivity contribution in [3.63, 3.8) is 0 Å². The van der Waals surface area contributed by atoms with Crippen LogP contribution < -0.4 is 20.7 Å². The summed E-state index contributed by atoms with van der Waals surface area (Å²) in [5.74, 6) is 0.726. The van der Waals surface area contributed by atoms with Gasteiger partial charge in [0.25, 0.3) is 0 Å².